The second-order valence-corrected chi connectivity index (χ2v) is 9.77. The van der Waals surface area contributed by atoms with Gasteiger partial charge in [0.05, 0.1) is 18.1 Å². The predicted molar refractivity (Wildman–Crippen MR) is 147 cm³/mol. The summed E-state index contributed by atoms with van der Waals surface area (Å²) in [5, 5.41) is 15.3. The Labute approximate surface area is 226 Å². The number of nitrogens with zero attached hydrogens (tertiary/aromatic N) is 3. The molecule has 1 aromatic heterocycles. The van der Waals surface area contributed by atoms with E-state index in [9.17, 15) is 19.3 Å². The van der Waals surface area contributed by atoms with Crippen LogP contribution in [-0.2, 0) is 16.1 Å². The van der Waals surface area contributed by atoms with E-state index in [-0.39, 0.29) is 29.8 Å². The van der Waals surface area contributed by atoms with E-state index in [4.69, 9.17) is 4.74 Å². The van der Waals surface area contributed by atoms with Gasteiger partial charge in [0.15, 0.2) is 0 Å². The third-order valence-electron chi connectivity index (χ3n) is 7.21. The van der Waals surface area contributed by atoms with Crippen LogP contribution in [-0.4, -0.2) is 59.7 Å². The molecule has 5 rings (SSSR count). The second kappa shape index (κ2) is 12.2. The Kier molecular flexibility index (Phi) is 8.29. The van der Waals surface area contributed by atoms with E-state index in [2.05, 4.69) is 14.8 Å². The average molecular weight is 531 g/mol. The first-order valence-corrected chi connectivity index (χ1v) is 13.1. The highest BCUT2D eigenvalue weighted by Crippen LogP contribution is 2.35. The van der Waals surface area contributed by atoms with Crippen LogP contribution in [0.25, 0.3) is 10.9 Å². The molecule has 3 aromatic carbocycles. The van der Waals surface area contributed by atoms with Crippen LogP contribution in [0.1, 0.15) is 29.0 Å². The number of ether oxygens (including phenoxy) is 1. The van der Waals surface area contributed by atoms with Gasteiger partial charge in [0.2, 0.25) is 5.91 Å². The van der Waals surface area contributed by atoms with Crippen molar-refractivity contribution in [2.75, 3.05) is 39.4 Å². The standard InChI is InChI=1S/C30H31FN4O4/c31-24-9-5-22(6-10-24)20-34-21-28(26-3-1-2-4-29(26)34)27(23-7-11-25(12-8-23)35(37)38)19-30(36)32-13-14-33-15-17-39-18-16-33/h1-12,21,27H,13-20H2,(H,32,36). The van der Waals surface area contributed by atoms with Crippen molar-refractivity contribution in [3.63, 3.8) is 0 Å². The zero-order chi connectivity index (χ0) is 27.2. The molecule has 0 bridgehead atoms. The molecule has 0 radical (unpaired) electrons. The Balaban J connectivity index is 1.43. The Bertz CT molecular complexity index is 1430. The normalized spacial score (nSPS) is 14.8. The van der Waals surface area contributed by atoms with E-state index in [0.717, 1.165) is 47.2 Å². The van der Waals surface area contributed by atoms with Crippen LogP contribution in [0.3, 0.4) is 0 Å². The first kappa shape index (κ1) is 26.5. The van der Waals surface area contributed by atoms with Crippen LogP contribution < -0.4 is 5.32 Å². The van der Waals surface area contributed by atoms with E-state index >= 15 is 0 Å². The van der Waals surface area contributed by atoms with E-state index in [1.165, 1.54) is 24.3 Å². The Morgan fingerprint density at radius 1 is 1.03 bits per heavy atom. The number of nitro benzene ring substituents is 1. The second-order valence-electron chi connectivity index (χ2n) is 9.77. The molecule has 1 atom stereocenters. The maximum absolute atomic E-state index is 13.5. The number of morpholine rings is 1. The highest BCUT2D eigenvalue weighted by Gasteiger charge is 2.24. The van der Waals surface area contributed by atoms with Crippen molar-refractivity contribution in [1.82, 2.24) is 14.8 Å². The number of amides is 1. The van der Waals surface area contributed by atoms with Crippen molar-refractivity contribution < 1.29 is 18.8 Å². The van der Waals surface area contributed by atoms with Gasteiger partial charge in [-0.2, -0.15) is 0 Å². The lowest BCUT2D eigenvalue weighted by molar-refractivity contribution is -0.384. The van der Waals surface area contributed by atoms with Crippen molar-refractivity contribution >= 4 is 22.5 Å². The van der Waals surface area contributed by atoms with Crippen LogP contribution in [0.15, 0.2) is 79.0 Å². The summed E-state index contributed by atoms with van der Waals surface area (Å²) in [5.41, 5.74) is 3.75. The third-order valence-corrected chi connectivity index (χ3v) is 7.21. The van der Waals surface area contributed by atoms with Gasteiger partial charge in [-0.15, -0.1) is 0 Å². The molecule has 1 aliphatic rings. The molecule has 1 fully saturated rings. The predicted octanol–water partition coefficient (Wildman–Crippen LogP) is 4.71. The van der Waals surface area contributed by atoms with Gasteiger partial charge in [0, 0.05) is 74.3 Å². The minimum absolute atomic E-state index is 0.00574. The number of carbonyl (C=O) groups excluding carboxylic acids is 1. The number of non-ortho nitro benzene ring substituents is 1. The molecule has 1 unspecified atom stereocenters. The van der Waals surface area contributed by atoms with E-state index in [1.807, 2.05) is 30.5 Å². The maximum Gasteiger partial charge on any atom is 0.269 e. The third kappa shape index (κ3) is 6.50. The Morgan fingerprint density at radius 2 is 1.74 bits per heavy atom. The Hall–Kier alpha value is -4.08. The molecule has 1 amide bonds. The van der Waals surface area contributed by atoms with Crippen molar-refractivity contribution in [2.45, 2.75) is 18.9 Å². The number of halogens is 1. The van der Waals surface area contributed by atoms with Crippen LogP contribution >= 0.6 is 0 Å². The molecule has 9 heteroatoms. The lowest BCUT2D eigenvalue weighted by atomic mass is 9.88. The first-order chi connectivity index (χ1) is 19.0. The highest BCUT2D eigenvalue weighted by molar-refractivity contribution is 5.86. The van der Waals surface area contributed by atoms with Gasteiger partial charge in [-0.1, -0.05) is 42.5 Å². The van der Waals surface area contributed by atoms with Crippen LogP contribution in [0.2, 0.25) is 0 Å². The monoisotopic (exact) mass is 530 g/mol. The summed E-state index contributed by atoms with van der Waals surface area (Å²) in [7, 11) is 0. The van der Waals surface area contributed by atoms with Crippen LogP contribution in [0, 0.1) is 15.9 Å². The molecule has 2 heterocycles. The molecule has 8 nitrogen and oxygen atoms in total. The van der Waals surface area contributed by atoms with Crippen molar-refractivity contribution in [3.8, 4) is 0 Å². The van der Waals surface area contributed by atoms with E-state index in [1.54, 1.807) is 24.3 Å². The van der Waals surface area contributed by atoms with Crippen molar-refractivity contribution in [2.24, 2.45) is 0 Å². The fourth-order valence-electron chi connectivity index (χ4n) is 5.14. The minimum Gasteiger partial charge on any atom is -0.379 e. The molecule has 39 heavy (non-hydrogen) atoms. The number of carbonyl (C=O) groups is 1. The number of nitro groups is 1. The summed E-state index contributed by atoms with van der Waals surface area (Å²) < 4.78 is 21.0. The number of aromatic nitrogens is 1. The van der Waals surface area contributed by atoms with E-state index < -0.39 is 4.92 Å². The Morgan fingerprint density at radius 3 is 2.46 bits per heavy atom. The smallest absolute Gasteiger partial charge is 0.269 e. The van der Waals surface area contributed by atoms with Gasteiger partial charge in [0.1, 0.15) is 5.82 Å². The average Bonchev–Trinajstić information content (AvgIpc) is 3.31. The minimum atomic E-state index is -0.425. The number of fused-ring (bicyclic) bond motifs is 1. The van der Waals surface area contributed by atoms with Gasteiger partial charge in [0.25, 0.3) is 5.69 Å². The molecule has 1 N–H and O–H groups in total. The quantitative estimate of drug-likeness (QED) is 0.237. The summed E-state index contributed by atoms with van der Waals surface area (Å²) in [4.78, 5) is 26.3. The molecule has 1 aliphatic heterocycles. The number of benzene rings is 3. The molecule has 0 spiro atoms. The molecule has 4 aromatic rings. The zero-order valence-corrected chi connectivity index (χ0v) is 21.6. The van der Waals surface area contributed by atoms with Crippen molar-refractivity contribution in [3.05, 3.63) is 112 Å². The number of hydrogen-bond acceptors (Lipinski definition) is 5. The lowest BCUT2D eigenvalue weighted by Gasteiger charge is -2.26. The summed E-state index contributed by atoms with van der Waals surface area (Å²) in [6.07, 6.45) is 2.24. The van der Waals surface area contributed by atoms with Gasteiger partial charge >= 0.3 is 0 Å². The first-order valence-electron chi connectivity index (χ1n) is 13.1. The summed E-state index contributed by atoms with van der Waals surface area (Å²) >= 11 is 0. The zero-order valence-electron chi connectivity index (χ0n) is 21.6. The molecule has 0 saturated carbocycles. The highest BCUT2D eigenvalue weighted by atomic mass is 19.1. The topological polar surface area (TPSA) is 89.6 Å². The summed E-state index contributed by atoms with van der Waals surface area (Å²) in [5.74, 6) is -0.676. The van der Waals surface area contributed by atoms with Crippen LogP contribution in [0.4, 0.5) is 10.1 Å². The SMILES string of the molecule is O=C(CC(c1ccc([N+](=O)[O-])cc1)c1cn(Cc2ccc(F)cc2)c2ccccc12)NCCN1CCOCC1. The molecule has 1 saturated heterocycles. The largest absolute Gasteiger partial charge is 0.379 e. The van der Waals surface area contributed by atoms with Gasteiger partial charge in [-0.3, -0.25) is 19.8 Å². The molecular formula is C30H31FN4O4. The van der Waals surface area contributed by atoms with Crippen molar-refractivity contribution in [1.29, 1.82) is 0 Å². The number of nitrogens with one attached hydrogen (secondary N) is 1. The molecular weight excluding hydrogens is 499 g/mol. The van der Waals surface area contributed by atoms with Crippen LogP contribution in [0.5, 0.6) is 0 Å². The maximum atomic E-state index is 13.5. The molecule has 0 aliphatic carbocycles. The number of para-hydroxylation sites is 1. The number of rotatable bonds is 10. The summed E-state index contributed by atoms with van der Waals surface area (Å²) in [6.45, 7) is 4.96. The lowest BCUT2D eigenvalue weighted by Crippen LogP contribution is -2.41. The molecule has 202 valence electrons. The van der Waals surface area contributed by atoms with Gasteiger partial charge < -0.3 is 14.6 Å². The van der Waals surface area contributed by atoms with E-state index in [0.29, 0.717) is 26.3 Å². The summed E-state index contributed by atoms with van der Waals surface area (Å²) in [6, 6.07) is 20.8. The van der Waals surface area contributed by atoms with Gasteiger partial charge in [-0.05, 0) is 34.9 Å². The number of hydrogen-bond donors (Lipinski definition) is 1. The van der Waals surface area contributed by atoms with Gasteiger partial charge in [-0.25, -0.2) is 4.39 Å². The fourth-order valence-corrected chi connectivity index (χ4v) is 5.14. The fraction of sp³-hybridized carbons (Fsp3) is 0.300.